The summed E-state index contributed by atoms with van der Waals surface area (Å²) in [5.74, 6) is 0.0987. The predicted molar refractivity (Wildman–Crippen MR) is 143 cm³/mol. The summed E-state index contributed by atoms with van der Waals surface area (Å²) in [6, 6.07) is 21.1. The van der Waals surface area contributed by atoms with Crippen LogP contribution in [0.1, 0.15) is 28.2 Å². The van der Waals surface area contributed by atoms with E-state index >= 15 is 0 Å². The van der Waals surface area contributed by atoms with Gasteiger partial charge in [-0.2, -0.15) is 0 Å². The third-order valence-electron chi connectivity index (χ3n) is 6.80. The molecule has 1 amide bonds. The first-order chi connectivity index (χ1) is 16.0. The highest BCUT2D eigenvalue weighted by Gasteiger charge is 2.30. The molecule has 1 heterocycles. The molecule has 4 nitrogen and oxygen atoms in total. The van der Waals surface area contributed by atoms with Crippen LogP contribution in [0.15, 0.2) is 65.6 Å². The van der Waals surface area contributed by atoms with Crippen LogP contribution in [0.4, 0.5) is 4.79 Å². The molecule has 0 atom stereocenters. The molecule has 0 unspecified atom stereocenters. The fourth-order valence-electron chi connectivity index (χ4n) is 4.90. The second-order valence-corrected chi connectivity index (χ2v) is 10.5. The van der Waals surface area contributed by atoms with Crippen LogP contribution in [0.3, 0.4) is 0 Å². The number of carbonyl (C=O) groups excluding carboxylic acids is 1. The van der Waals surface area contributed by atoms with Crippen molar-refractivity contribution < 1.29 is 9.53 Å². The summed E-state index contributed by atoms with van der Waals surface area (Å²) in [6.45, 7) is 6.49. The summed E-state index contributed by atoms with van der Waals surface area (Å²) in [4.78, 5) is 18.1. The van der Waals surface area contributed by atoms with Crippen LogP contribution in [0.25, 0.3) is 11.1 Å². The zero-order chi connectivity index (χ0) is 22.9. The van der Waals surface area contributed by atoms with Gasteiger partial charge in [-0.3, -0.25) is 4.90 Å². The van der Waals surface area contributed by atoms with Crippen molar-refractivity contribution in [3.05, 3.63) is 86.5 Å². The van der Waals surface area contributed by atoms with Crippen LogP contribution in [-0.2, 0) is 11.3 Å². The summed E-state index contributed by atoms with van der Waals surface area (Å²) < 4.78 is 7.08. The monoisotopic (exact) mass is 570 g/mol. The Labute approximate surface area is 214 Å². The molecule has 0 aromatic heterocycles. The normalized spacial score (nSPS) is 15.9. The Morgan fingerprint density at radius 2 is 1.61 bits per heavy atom. The fraction of sp³-hybridized carbons (Fsp3) is 0.296. The second-order valence-electron chi connectivity index (χ2n) is 8.78. The van der Waals surface area contributed by atoms with Crippen molar-refractivity contribution in [2.24, 2.45) is 0 Å². The molecule has 1 fully saturated rings. The number of benzene rings is 3. The van der Waals surface area contributed by atoms with Crippen LogP contribution in [0.5, 0.6) is 0 Å². The number of fused-ring (bicyclic) bond motifs is 3. The molecule has 0 N–H and O–H groups in total. The number of hydrogen-bond acceptors (Lipinski definition) is 4. The van der Waals surface area contributed by atoms with Crippen molar-refractivity contribution in [2.45, 2.75) is 24.3 Å². The molecule has 1 saturated heterocycles. The van der Waals surface area contributed by atoms with Crippen molar-refractivity contribution in [3.63, 3.8) is 0 Å². The van der Waals surface area contributed by atoms with Gasteiger partial charge in [0.25, 0.3) is 0 Å². The first-order valence-corrected chi connectivity index (χ1v) is 12.8. The lowest BCUT2D eigenvalue weighted by atomic mass is 9.98. The second kappa shape index (κ2) is 9.68. The smallest absolute Gasteiger partial charge is 0.409 e. The van der Waals surface area contributed by atoms with Gasteiger partial charge < -0.3 is 9.64 Å². The van der Waals surface area contributed by atoms with E-state index in [0.29, 0.717) is 19.7 Å². The molecule has 1 aliphatic carbocycles. The minimum atomic E-state index is -0.209. The molecule has 0 saturated carbocycles. The van der Waals surface area contributed by atoms with Crippen LogP contribution in [0.2, 0.25) is 0 Å². The molecule has 3 aromatic rings. The van der Waals surface area contributed by atoms with Crippen molar-refractivity contribution in [3.8, 4) is 11.1 Å². The Balaban J connectivity index is 1.18. The molecule has 2 aliphatic rings. The molecular weight excluding hydrogens is 543 g/mol. The molecule has 0 spiro atoms. The molecule has 1 aliphatic heterocycles. The van der Waals surface area contributed by atoms with E-state index in [2.05, 4.69) is 108 Å². The summed E-state index contributed by atoms with van der Waals surface area (Å²) in [5.41, 5.74) is 7.60. The molecule has 5 rings (SSSR count). The van der Waals surface area contributed by atoms with E-state index in [1.807, 2.05) is 4.90 Å². The van der Waals surface area contributed by atoms with Crippen molar-refractivity contribution >= 4 is 41.3 Å². The fourth-order valence-corrected chi connectivity index (χ4v) is 6.11. The largest absolute Gasteiger partial charge is 0.448 e. The maximum absolute atomic E-state index is 12.9. The number of rotatable bonds is 4. The Morgan fingerprint density at radius 3 is 2.24 bits per heavy atom. The van der Waals surface area contributed by atoms with Gasteiger partial charge in [-0.25, -0.2) is 4.79 Å². The van der Waals surface area contributed by atoms with Gasteiger partial charge in [-0.1, -0.05) is 48.5 Å². The van der Waals surface area contributed by atoms with E-state index in [1.54, 1.807) is 0 Å². The molecule has 6 heteroatoms. The number of thiol groups is 1. The van der Waals surface area contributed by atoms with Gasteiger partial charge in [0.1, 0.15) is 6.61 Å². The average Bonchev–Trinajstić information content (AvgIpc) is 3.15. The van der Waals surface area contributed by atoms with Gasteiger partial charge in [-0.15, -0.1) is 12.6 Å². The maximum Gasteiger partial charge on any atom is 0.409 e. The Kier molecular flexibility index (Phi) is 6.67. The molecular formula is C27H27IN2O2S. The highest BCUT2D eigenvalue weighted by atomic mass is 127. The first-order valence-electron chi connectivity index (χ1n) is 11.3. The topological polar surface area (TPSA) is 32.8 Å². The number of ether oxygens (including phenoxy) is 1. The van der Waals surface area contributed by atoms with E-state index in [-0.39, 0.29) is 12.0 Å². The van der Waals surface area contributed by atoms with Crippen molar-refractivity contribution in [2.75, 3.05) is 32.8 Å². The van der Waals surface area contributed by atoms with Crippen LogP contribution in [-0.4, -0.2) is 48.7 Å². The minimum absolute atomic E-state index is 0.0987. The summed E-state index contributed by atoms with van der Waals surface area (Å²) in [7, 11) is 0. The average molecular weight is 570 g/mol. The highest BCUT2D eigenvalue weighted by molar-refractivity contribution is 14.1. The zero-order valence-electron chi connectivity index (χ0n) is 18.6. The number of piperazine rings is 1. The zero-order valence-corrected chi connectivity index (χ0v) is 21.7. The number of halogens is 1. The Bertz CT molecular complexity index is 1140. The van der Waals surface area contributed by atoms with Crippen LogP contribution < -0.4 is 0 Å². The van der Waals surface area contributed by atoms with E-state index in [0.717, 1.165) is 24.5 Å². The van der Waals surface area contributed by atoms with Crippen molar-refractivity contribution in [1.82, 2.24) is 9.80 Å². The van der Waals surface area contributed by atoms with Crippen LogP contribution in [0, 0.1) is 10.5 Å². The minimum Gasteiger partial charge on any atom is -0.448 e. The third kappa shape index (κ3) is 4.66. The summed E-state index contributed by atoms with van der Waals surface area (Å²) in [5, 5.41) is 0. The Morgan fingerprint density at radius 1 is 1.00 bits per heavy atom. The molecule has 170 valence electrons. The quantitative estimate of drug-likeness (QED) is 0.311. The summed E-state index contributed by atoms with van der Waals surface area (Å²) >= 11 is 6.90. The predicted octanol–water partition coefficient (Wildman–Crippen LogP) is 5.96. The van der Waals surface area contributed by atoms with Gasteiger partial charge in [0.15, 0.2) is 0 Å². The van der Waals surface area contributed by atoms with Gasteiger partial charge in [0.05, 0.1) is 0 Å². The maximum atomic E-state index is 12.9. The lowest BCUT2D eigenvalue weighted by Gasteiger charge is -2.34. The van der Waals surface area contributed by atoms with Gasteiger partial charge >= 0.3 is 6.09 Å². The SMILES string of the molecule is Cc1c(I)cc(S)cc1CN1CCN(C(=O)OCC2c3ccccc3-c3ccccc32)CC1. The number of hydrogen-bond donors (Lipinski definition) is 1. The highest BCUT2D eigenvalue weighted by Crippen LogP contribution is 2.44. The first kappa shape index (κ1) is 22.7. The molecule has 3 aromatic carbocycles. The van der Waals surface area contributed by atoms with Gasteiger partial charge in [0, 0.05) is 47.1 Å². The van der Waals surface area contributed by atoms with Crippen molar-refractivity contribution in [1.29, 1.82) is 0 Å². The molecule has 0 bridgehead atoms. The molecule has 0 radical (unpaired) electrons. The van der Waals surface area contributed by atoms with Gasteiger partial charge in [0.2, 0.25) is 0 Å². The third-order valence-corrected chi connectivity index (χ3v) is 8.18. The van der Waals surface area contributed by atoms with E-state index in [9.17, 15) is 4.79 Å². The van der Waals surface area contributed by atoms with E-state index < -0.39 is 0 Å². The Hall–Kier alpha value is -2.03. The summed E-state index contributed by atoms with van der Waals surface area (Å²) in [6.07, 6.45) is -0.209. The van der Waals surface area contributed by atoms with Gasteiger partial charge in [-0.05, 0) is 75.0 Å². The lowest BCUT2D eigenvalue weighted by molar-refractivity contribution is 0.0728. The standard InChI is InChI=1S/C27H27IN2O2S/c1-18-19(14-20(33)15-26(18)28)16-29-10-12-30(13-11-29)27(31)32-17-25-23-8-4-2-6-21(23)22-7-3-5-9-24(22)25/h2-9,14-15,25,33H,10-13,16-17H2,1H3. The number of carbonyl (C=O) groups is 1. The number of nitrogens with zero attached hydrogens (tertiary/aromatic N) is 2. The van der Waals surface area contributed by atoms with E-state index in [4.69, 9.17) is 4.74 Å². The number of amides is 1. The van der Waals surface area contributed by atoms with Crippen LogP contribution >= 0.6 is 35.2 Å². The lowest BCUT2D eigenvalue weighted by Crippen LogP contribution is -2.48. The van der Waals surface area contributed by atoms with E-state index in [1.165, 1.54) is 37.0 Å². The molecule has 33 heavy (non-hydrogen) atoms.